The topological polar surface area (TPSA) is 400 Å². The molecule has 32 nitrogen and oxygen atoms in total. The summed E-state index contributed by atoms with van der Waals surface area (Å²) < 4.78 is 77.1. The van der Waals surface area contributed by atoms with E-state index < -0.39 is 96.0 Å². The average molecular weight is 1290 g/mol. The molecule has 1 fully saturated rings. The number of aliphatic hydroxyl groups is 3. The minimum Gasteiger partial charge on any atom is -0.479 e. The summed E-state index contributed by atoms with van der Waals surface area (Å²) in [7, 11) is 1.63. The number of nitrogens with zero attached hydrogens (tertiary/aromatic N) is 4. The number of imide groups is 1. The molecule has 32 heteroatoms. The van der Waals surface area contributed by atoms with Crippen LogP contribution in [0.15, 0.2) is 36.5 Å². The highest BCUT2D eigenvalue weighted by Gasteiger charge is 2.46. The van der Waals surface area contributed by atoms with Gasteiger partial charge in [0.25, 0.3) is 11.8 Å². The molecule has 1 saturated heterocycles. The van der Waals surface area contributed by atoms with Crippen molar-refractivity contribution in [3.63, 3.8) is 0 Å². The molecule has 1 aromatic heterocycles. The number of hydrogen-bond acceptors (Lipinski definition) is 26. The van der Waals surface area contributed by atoms with Crippen LogP contribution in [0.4, 0.5) is 5.69 Å². The smallest absolute Gasteiger partial charge is 0.335 e. The van der Waals surface area contributed by atoms with Gasteiger partial charge in [0.1, 0.15) is 49.8 Å². The Balaban J connectivity index is 1.08. The number of carbonyl (C=O) groups is 7. The van der Waals surface area contributed by atoms with E-state index in [4.69, 9.17) is 66.3 Å². The van der Waals surface area contributed by atoms with Crippen molar-refractivity contribution in [3.8, 4) is 0 Å². The Morgan fingerprint density at radius 1 is 0.622 bits per heavy atom. The summed E-state index contributed by atoms with van der Waals surface area (Å²) in [5, 5.41) is 56.6. The molecule has 8 atom stereocenters. The maximum absolute atomic E-state index is 14.1. The fraction of sp³-hybridized carbons (Fsp3) is 0.707. The highest BCUT2D eigenvalue weighted by Crippen LogP contribution is 2.27. The van der Waals surface area contributed by atoms with Gasteiger partial charge < -0.3 is 103 Å². The molecule has 0 radical (unpaired) electrons. The van der Waals surface area contributed by atoms with Crippen LogP contribution in [-0.2, 0) is 126 Å². The van der Waals surface area contributed by atoms with Gasteiger partial charge in [0, 0.05) is 44.5 Å². The number of methoxy groups -OCH3 is 1. The lowest BCUT2D eigenvalue weighted by molar-refractivity contribution is -0.228. The summed E-state index contributed by atoms with van der Waals surface area (Å²) in [6.45, 7) is 14.9. The van der Waals surface area contributed by atoms with Gasteiger partial charge in [-0.1, -0.05) is 25.1 Å². The van der Waals surface area contributed by atoms with E-state index in [1.165, 1.54) is 30.8 Å². The highest BCUT2D eigenvalue weighted by molar-refractivity contribution is 6.15. The first-order valence-electron chi connectivity index (χ1n) is 29.8. The predicted octanol–water partition coefficient (Wildman–Crippen LogP) is -1.88. The number of carboxylic acids is 1. The van der Waals surface area contributed by atoms with Crippen LogP contribution in [-0.4, -0.2) is 283 Å². The van der Waals surface area contributed by atoms with E-state index in [2.05, 4.69) is 26.3 Å². The third kappa shape index (κ3) is 29.5. The third-order valence-electron chi connectivity index (χ3n) is 13.4. The van der Waals surface area contributed by atoms with Gasteiger partial charge in [-0.3, -0.25) is 33.7 Å². The molecule has 2 aromatic rings. The van der Waals surface area contributed by atoms with Crippen LogP contribution in [0.3, 0.4) is 0 Å². The largest absolute Gasteiger partial charge is 0.479 e. The molecule has 7 N–H and O–H groups in total. The van der Waals surface area contributed by atoms with Crippen molar-refractivity contribution in [2.24, 2.45) is 5.92 Å². The van der Waals surface area contributed by atoms with Gasteiger partial charge in [-0.05, 0) is 48.9 Å². The maximum Gasteiger partial charge on any atom is 0.335 e. The number of esters is 1. The summed E-state index contributed by atoms with van der Waals surface area (Å²) in [4.78, 5) is 91.4. The fourth-order valence-electron chi connectivity index (χ4n) is 8.57. The molecule has 508 valence electrons. The summed E-state index contributed by atoms with van der Waals surface area (Å²) >= 11 is 0. The first-order valence-corrected chi connectivity index (χ1v) is 29.8. The van der Waals surface area contributed by atoms with Crippen molar-refractivity contribution in [1.82, 2.24) is 30.5 Å². The Kier molecular flexibility index (Phi) is 37.7. The van der Waals surface area contributed by atoms with Crippen LogP contribution >= 0.6 is 0 Å². The van der Waals surface area contributed by atoms with E-state index in [-0.39, 0.29) is 63.8 Å². The van der Waals surface area contributed by atoms with Gasteiger partial charge in [0.2, 0.25) is 17.7 Å². The second-order valence-electron chi connectivity index (χ2n) is 20.7. The number of anilines is 1. The number of carboxylic acid groups (broad SMARTS) is 1. The van der Waals surface area contributed by atoms with E-state index >= 15 is 0 Å². The molecule has 2 aliphatic heterocycles. The molecular formula is C58H91N7O25. The van der Waals surface area contributed by atoms with E-state index in [1.54, 1.807) is 33.1 Å². The summed E-state index contributed by atoms with van der Waals surface area (Å²) in [5.74, 6) is -6.47. The molecule has 5 amide bonds. The Bertz CT molecular complexity index is 2450. The number of rotatable bonds is 51. The molecule has 2 aliphatic rings. The zero-order valence-electron chi connectivity index (χ0n) is 51.9. The zero-order chi connectivity index (χ0) is 65.5. The number of aliphatic hydroxyl groups excluding tert-OH is 3. The molecule has 90 heavy (non-hydrogen) atoms. The number of ether oxygens (including phenoxy) is 14. The number of aliphatic carboxylic acids is 1. The predicted molar refractivity (Wildman–Crippen MR) is 312 cm³/mol. The van der Waals surface area contributed by atoms with Crippen molar-refractivity contribution in [3.05, 3.63) is 53.4 Å². The van der Waals surface area contributed by atoms with Crippen LogP contribution < -0.4 is 16.0 Å². The van der Waals surface area contributed by atoms with Gasteiger partial charge in [0.15, 0.2) is 6.10 Å². The standard InChI is InChI=1S/C58H91N7O25/c1-39(2)50(57(74)59-40(3)55(72)60-44-8-6-43(37-89-41(4)66)42(34-44)7-9-47-51(69)52(70)53(71)54(90-47)58(75)76)61-56(73)46(65-48(67)10-11-49(65)68)35-45-36-64(63-62-45)12-13-78-16-17-80-20-21-82-24-25-84-27-29-86-31-33-88-38-87-32-30-85-28-26-83-23-22-81-19-18-79-15-14-77-5/h6,8,10-11,34,36,39-40,46-47,50-54,69-71H,7,9,12-33,35,37-38H2,1-5H3,(H,59,74)(H,60,72)(H,61,73)(H,75,76)/t40-,46?,47-,50-,51-,52+,53-,54-/m0/s1. The first-order chi connectivity index (χ1) is 43.4. The van der Waals surface area contributed by atoms with E-state index in [1.807, 2.05) is 0 Å². The highest BCUT2D eigenvalue weighted by atomic mass is 16.7. The number of aryl methyl sites for hydroxylation is 1. The molecular weight excluding hydrogens is 1190 g/mol. The molecule has 4 rings (SSSR count). The summed E-state index contributed by atoms with van der Waals surface area (Å²) in [5.41, 5.74) is 1.47. The minimum absolute atomic E-state index is 0.0587. The number of carbonyl (C=O) groups excluding carboxylic acids is 6. The van der Waals surface area contributed by atoms with Crippen LogP contribution in [0.25, 0.3) is 0 Å². The van der Waals surface area contributed by atoms with Crippen molar-refractivity contribution in [1.29, 1.82) is 0 Å². The monoisotopic (exact) mass is 1290 g/mol. The molecule has 0 aliphatic carbocycles. The Morgan fingerprint density at radius 3 is 1.61 bits per heavy atom. The number of nitrogens with one attached hydrogen (secondary N) is 3. The molecule has 0 spiro atoms. The Morgan fingerprint density at radius 2 is 1.12 bits per heavy atom. The summed E-state index contributed by atoms with van der Waals surface area (Å²) in [6, 6.07) is 0.711. The Labute approximate surface area is 522 Å². The molecule has 3 heterocycles. The molecule has 1 unspecified atom stereocenters. The van der Waals surface area contributed by atoms with Crippen LogP contribution in [0.5, 0.6) is 0 Å². The van der Waals surface area contributed by atoms with E-state index in [0.29, 0.717) is 137 Å². The van der Waals surface area contributed by atoms with E-state index in [9.17, 15) is 54.0 Å². The number of aromatic nitrogens is 3. The molecule has 1 aromatic carbocycles. The second kappa shape index (κ2) is 44.4. The normalized spacial score (nSPS) is 18.5. The summed E-state index contributed by atoms with van der Waals surface area (Å²) in [6.07, 6.45) is -5.00. The fourth-order valence-corrected chi connectivity index (χ4v) is 8.57. The zero-order valence-corrected chi connectivity index (χ0v) is 51.9. The lowest BCUT2D eigenvalue weighted by atomic mass is 9.91. The first kappa shape index (κ1) is 76.4. The van der Waals surface area contributed by atoms with Crippen LogP contribution in [0.2, 0.25) is 0 Å². The van der Waals surface area contributed by atoms with Gasteiger partial charge in [-0.15, -0.1) is 5.10 Å². The van der Waals surface area contributed by atoms with Crippen LogP contribution in [0.1, 0.15) is 50.9 Å². The number of amides is 5. The van der Waals surface area contributed by atoms with Crippen molar-refractivity contribution in [2.45, 2.75) is 109 Å². The van der Waals surface area contributed by atoms with Crippen molar-refractivity contribution < 1.29 is 120 Å². The SMILES string of the molecule is COCCOCCOCCOCCOCCOCOCCOCCOCCOCCOCCOCCn1cc(CC(C(=O)N[C@H](C(=O)N[C@@H](C)C(=O)Nc2ccc(COC(C)=O)c(CC[C@@H]3O[C@H](C(=O)O)[C@@H](O)[C@H](O)[C@H]3O)c2)C(C)C)N2C(=O)C=CC2=O)nn1. The molecule has 0 bridgehead atoms. The lowest BCUT2D eigenvalue weighted by Gasteiger charge is -2.39. The number of benzene rings is 1. The maximum atomic E-state index is 14.1. The lowest BCUT2D eigenvalue weighted by Crippen LogP contribution is -2.59. The Hall–Kier alpha value is -6.05. The second-order valence-corrected chi connectivity index (χ2v) is 20.7. The van der Waals surface area contributed by atoms with Gasteiger partial charge in [-0.25, -0.2) is 9.48 Å². The minimum atomic E-state index is -1.88. The van der Waals surface area contributed by atoms with Crippen molar-refractivity contribution in [2.75, 3.05) is 158 Å². The van der Waals surface area contributed by atoms with Gasteiger partial charge in [0.05, 0.1) is 157 Å². The van der Waals surface area contributed by atoms with E-state index in [0.717, 1.165) is 17.1 Å². The van der Waals surface area contributed by atoms with Crippen molar-refractivity contribution >= 4 is 47.2 Å². The molecule has 0 saturated carbocycles. The number of hydrogen-bond donors (Lipinski definition) is 7. The quantitative estimate of drug-likeness (QED) is 0.0165. The van der Waals surface area contributed by atoms with Crippen LogP contribution in [0, 0.1) is 5.92 Å². The van der Waals surface area contributed by atoms with Gasteiger partial charge in [-0.2, -0.15) is 0 Å². The van der Waals surface area contributed by atoms with Gasteiger partial charge >= 0.3 is 11.9 Å². The third-order valence-corrected chi connectivity index (χ3v) is 13.4. The average Bonchev–Trinajstić information content (AvgIpc) is 1.41.